The van der Waals surface area contributed by atoms with Gasteiger partial charge in [0.2, 0.25) is 5.91 Å². The Hall–Kier alpha value is -3.49. The van der Waals surface area contributed by atoms with Crippen LogP contribution in [0, 0.1) is 34.1 Å². The minimum atomic E-state index is -0.737. The lowest BCUT2D eigenvalue weighted by Crippen LogP contribution is -2.23. The first-order chi connectivity index (χ1) is 11.8. The van der Waals surface area contributed by atoms with Gasteiger partial charge in [0.05, 0.1) is 22.5 Å². The highest BCUT2D eigenvalue weighted by molar-refractivity contribution is 5.95. The van der Waals surface area contributed by atoms with Gasteiger partial charge in [0.15, 0.2) is 0 Å². The van der Waals surface area contributed by atoms with Gasteiger partial charge in [-0.25, -0.2) is 0 Å². The Morgan fingerprint density at radius 2 is 1.68 bits per heavy atom. The Bertz CT molecular complexity index is 830. The summed E-state index contributed by atoms with van der Waals surface area (Å²) in [6.45, 7) is 3.50. The topological polar surface area (TPSA) is 127 Å². The molecule has 1 amide bonds. The van der Waals surface area contributed by atoms with Crippen LogP contribution in [0.5, 0.6) is 0 Å². The SMILES string of the molecule is Cc1cccc(C)c1NC(=O)CNc1ccc([N+](=O)[O-])cc1[N+](=O)[O-]. The fourth-order valence-corrected chi connectivity index (χ4v) is 2.30. The van der Waals surface area contributed by atoms with Gasteiger partial charge in [0, 0.05) is 11.8 Å². The molecule has 0 spiro atoms. The van der Waals surface area contributed by atoms with Crippen molar-refractivity contribution in [3.05, 3.63) is 67.8 Å². The predicted octanol–water partition coefficient (Wildman–Crippen LogP) is 3.17. The minimum Gasteiger partial charge on any atom is -0.371 e. The van der Waals surface area contributed by atoms with Crippen LogP contribution in [0.1, 0.15) is 11.1 Å². The van der Waals surface area contributed by atoms with E-state index < -0.39 is 21.2 Å². The van der Waals surface area contributed by atoms with Crippen LogP contribution >= 0.6 is 0 Å². The molecule has 25 heavy (non-hydrogen) atoms. The third-order valence-corrected chi connectivity index (χ3v) is 3.57. The number of rotatable bonds is 6. The molecule has 2 N–H and O–H groups in total. The first-order valence-electron chi connectivity index (χ1n) is 7.32. The van der Waals surface area contributed by atoms with E-state index in [4.69, 9.17) is 0 Å². The van der Waals surface area contributed by atoms with E-state index in [1.54, 1.807) is 0 Å². The van der Waals surface area contributed by atoms with Crippen molar-refractivity contribution in [1.29, 1.82) is 0 Å². The van der Waals surface area contributed by atoms with Gasteiger partial charge in [-0.2, -0.15) is 0 Å². The van der Waals surface area contributed by atoms with Crippen molar-refractivity contribution in [3.63, 3.8) is 0 Å². The first-order valence-corrected chi connectivity index (χ1v) is 7.32. The number of non-ortho nitro benzene ring substituents is 1. The van der Waals surface area contributed by atoms with Crippen molar-refractivity contribution < 1.29 is 14.6 Å². The summed E-state index contributed by atoms with van der Waals surface area (Å²) in [6, 6.07) is 8.79. The number of carbonyl (C=O) groups is 1. The third-order valence-electron chi connectivity index (χ3n) is 3.57. The van der Waals surface area contributed by atoms with E-state index in [1.807, 2.05) is 32.0 Å². The molecule has 0 saturated heterocycles. The smallest absolute Gasteiger partial charge is 0.299 e. The number of hydrogen-bond acceptors (Lipinski definition) is 6. The van der Waals surface area contributed by atoms with E-state index in [0.29, 0.717) is 5.69 Å². The van der Waals surface area contributed by atoms with Crippen LogP contribution < -0.4 is 10.6 Å². The molecule has 0 fully saturated rings. The molecule has 2 rings (SSSR count). The molecule has 2 aromatic carbocycles. The van der Waals surface area contributed by atoms with E-state index in [1.165, 1.54) is 6.07 Å². The summed E-state index contributed by atoms with van der Waals surface area (Å²) in [6.07, 6.45) is 0. The number of nitro groups is 2. The van der Waals surface area contributed by atoms with Crippen molar-refractivity contribution in [1.82, 2.24) is 0 Å². The minimum absolute atomic E-state index is 0.0345. The van der Waals surface area contributed by atoms with Crippen LogP contribution in [0.2, 0.25) is 0 Å². The second kappa shape index (κ2) is 7.39. The van der Waals surface area contributed by atoms with Crippen molar-refractivity contribution in [3.8, 4) is 0 Å². The normalized spacial score (nSPS) is 10.2. The molecule has 0 aromatic heterocycles. The molecular weight excluding hydrogens is 328 g/mol. The molecule has 0 bridgehead atoms. The maximum Gasteiger partial charge on any atom is 0.299 e. The molecular formula is C16H16N4O5. The summed E-state index contributed by atoms with van der Waals surface area (Å²) in [7, 11) is 0. The summed E-state index contributed by atoms with van der Waals surface area (Å²) in [5.41, 5.74) is 1.66. The van der Waals surface area contributed by atoms with Gasteiger partial charge in [-0.3, -0.25) is 25.0 Å². The van der Waals surface area contributed by atoms with E-state index in [-0.39, 0.29) is 18.1 Å². The highest BCUT2D eigenvalue weighted by Gasteiger charge is 2.19. The molecule has 2 aromatic rings. The Morgan fingerprint density at radius 3 is 2.24 bits per heavy atom. The van der Waals surface area contributed by atoms with Crippen LogP contribution in [-0.2, 0) is 4.79 Å². The van der Waals surface area contributed by atoms with Crippen LogP contribution in [0.15, 0.2) is 36.4 Å². The van der Waals surface area contributed by atoms with Gasteiger partial charge in [-0.1, -0.05) is 18.2 Å². The zero-order chi connectivity index (χ0) is 18.6. The summed E-state index contributed by atoms with van der Waals surface area (Å²) < 4.78 is 0. The van der Waals surface area contributed by atoms with Gasteiger partial charge < -0.3 is 10.6 Å². The van der Waals surface area contributed by atoms with E-state index >= 15 is 0 Å². The summed E-state index contributed by atoms with van der Waals surface area (Å²) in [5, 5.41) is 27.2. The first kappa shape index (κ1) is 17.9. The molecule has 9 heteroatoms. The van der Waals surface area contributed by atoms with Crippen LogP contribution in [0.3, 0.4) is 0 Å². The molecule has 9 nitrogen and oxygen atoms in total. The highest BCUT2D eigenvalue weighted by atomic mass is 16.6. The van der Waals surface area contributed by atoms with Crippen molar-refractivity contribution in [2.45, 2.75) is 13.8 Å². The van der Waals surface area contributed by atoms with Crippen molar-refractivity contribution in [2.24, 2.45) is 0 Å². The second-order valence-corrected chi connectivity index (χ2v) is 5.38. The monoisotopic (exact) mass is 344 g/mol. The number of amides is 1. The fourth-order valence-electron chi connectivity index (χ4n) is 2.30. The summed E-state index contributed by atoms with van der Waals surface area (Å²) >= 11 is 0. The van der Waals surface area contributed by atoms with Crippen LogP contribution in [0.25, 0.3) is 0 Å². The molecule has 0 heterocycles. The van der Waals surface area contributed by atoms with Gasteiger partial charge in [0.25, 0.3) is 11.4 Å². The largest absolute Gasteiger partial charge is 0.371 e. The maximum absolute atomic E-state index is 12.1. The number of carbonyl (C=O) groups excluding carboxylic acids is 1. The van der Waals surface area contributed by atoms with Crippen molar-refractivity contribution in [2.75, 3.05) is 17.2 Å². The maximum atomic E-state index is 12.1. The Balaban J connectivity index is 2.12. The second-order valence-electron chi connectivity index (χ2n) is 5.38. The molecule has 0 atom stereocenters. The van der Waals surface area contributed by atoms with Gasteiger partial charge >= 0.3 is 0 Å². The van der Waals surface area contributed by atoms with Crippen LogP contribution in [0.4, 0.5) is 22.7 Å². The van der Waals surface area contributed by atoms with Crippen molar-refractivity contribution >= 4 is 28.7 Å². The molecule has 0 saturated carbocycles. The number of benzene rings is 2. The van der Waals surface area contributed by atoms with E-state index in [9.17, 15) is 25.0 Å². The summed E-state index contributed by atoms with van der Waals surface area (Å²) in [4.78, 5) is 32.4. The Kier molecular flexibility index (Phi) is 5.28. The number of para-hydroxylation sites is 1. The standard InChI is InChI=1S/C16H16N4O5/c1-10-4-3-5-11(2)16(10)18-15(21)9-17-13-7-6-12(19(22)23)8-14(13)20(24)25/h3-8,17H,9H2,1-2H3,(H,18,21). The molecule has 0 unspecified atom stereocenters. The molecule has 130 valence electrons. The molecule has 0 aliphatic heterocycles. The lowest BCUT2D eigenvalue weighted by Gasteiger charge is -2.12. The molecule has 0 aliphatic carbocycles. The predicted molar refractivity (Wildman–Crippen MR) is 92.8 cm³/mol. The number of nitrogens with zero attached hydrogens (tertiary/aromatic N) is 2. The third kappa shape index (κ3) is 4.28. The lowest BCUT2D eigenvalue weighted by atomic mass is 10.1. The molecule has 0 aliphatic rings. The van der Waals surface area contributed by atoms with E-state index in [2.05, 4.69) is 10.6 Å². The average Bonchev–Trinajstić information content (AvgIpc) is 2.56. The fraction of sp³-hybridized carbons (Fsp3) is 0.188. The molecule has 0 radical (unpaired) electrons. The highest BCUT2D eigenvalue weighted by Crippen LogP contribution is 2.28. The average molecular weight is 344 g/mol. The van der Waals surface area contributed by atoms with Crippen LogP contribution in [-0.4, -0.2) is 22.3 Å². The Morgan fingerprint density at radius 1 is 1.04 bits per heavy atom. The zero-order valence-corrected chi connectivity index (χ0v) is 13.6. The van der Waals surface area contributed by atoms with Gasteiger partial charge in [-0.05, 0) is 31.0 Å². The Labute approximate surface area is 143 Å². The quantitative estimate of drug-likeness (QED) is 0.612. The summed E-state index contributed by atoms with van der Waals surface area (Å²) in [5.74, 6) is -0.384. The zero-order valence-electron chi connectivity index (χ0n) is 13.6. The number of hydrogen-bond donors (Lipinski definition) is 2. The van der Waals surface area contributed by atoms with E-state index in [0.717, 1.165) is 23.3 Å². The van der Waals surface area contributed by atoms with Gasteiger partial charge in [-0.15, -0.1) is 0 Å². The number of aryl methyl sites for hydroxylation is 2. The number of nitrogens with one attached hydrogen (secondary N) is 2. The number of anilines is 2. The van der Waals surface area contributed by atoms with Gasteiger partial charge in [0.1, 0.15) is 5.69 Å². The number of nitro benzene ring substituents is 2. The lowest BCUT2D eigenvalue weighted by molar-refractivity contribution is -0.393.